The van der Waals surface area contributed by atoms with Crippen molar-refractivity contribution < 1.29 is 48.8 Å². The van der Waals surface area contributed by atoms with Gasteiger partial charge in [-0.3, -0.25) is 28.8 Å². The van der Waals surface area contributed by atoms with Gasteiger partial charge in [0, 0.05) is 18.6 Å². The summed E-state index contributed by atoms with van der Waals surface area (Å²) in [5.41, 5.74) is 5.32. The monoisotopic (exact) mass is 436 g/mol. The lowest BCUT2D eigenvalue weighted by Gasteiger charge is -2.18. The van der Waals surface area contributed by atoms with E-state index in [0.717, 1.165) is 18.9 Å². The molecular formula is C16H24N2O10S. The van der Waals surface area contributed by atoms with Gasteiger partial charge in [0.1, 0.15) is 23.6 Å². The molecule has 0 aliphatic carbocycles. The summed E-state index contributed by atoms with van der Waals surface area (Å²) in [6.07, 6.45) is -1.28. The lowest BCUT2D eigenvalue weighted by molar-refractivity contribution is -0.144. The van der Waals surface area contributed by atoms with Crippen molar-refractivity contribution in [3.63, 3.8) is 0 Å². The van der Waals surface area contributed by atoms with Crippen molar-refractivity contribution in [3.8, 4) is 0 Å². The quantitative estimate of drug-likeness (QED) is 0.190. The molecule has 6 N–H and O–H groups in total. The Morgan fingerprint density at radius 2 is 1.66 bits per heavy atom. The normalized spacial score (nSPS) is 13.6. The Bertz CT molecular complexity index is 639. The molecule has 0 fully saturated rings. The van der Waals surface area contributed by atoms with E-state index >= 15 is 0 Å². The fraction of sp³-hybridized carbons (Fsp3) is 0.625. The van der Waals surface area contributed by atoms with Crippen LogP contribution in [0.1, 0.15) is 25.7 Å². The number of hydrogen-bond donors (Lipinski definition) is 5. The van der Waals surface area contributed by atoms with Crippen molar-refractivity contribution in [3.05, 3.63) is 0 Å². The van der Waals surface area contributed by atoms with Crippen molar-refractivity contribution in [1.82, 2.24) is 5.32 Å². The predicted octanol–water partition coefficient (Wildman–Crippen LogP) is -1.30. The molecule has 0 heterocycles. The molecule has 0 rings (SSSR count). The van der Waals surface area contributed by atoms with Crippen LogP contribution in [0.2, 0.25) is 0 Å². The zero-order valence-electron chi connectivity index (χ0n) is 15.7. The molecular weight excluding hydrogens is 412 g/mol. The maximum Gasteiger partial charge on any atom is 0.322 e. The van der Waals surface area contributed by atoms with E-state index < -0.39 is 65.7 Å². The molecule has 1 unspecified atom stereocenters. The number of amides is 1. The highest BCUT2D eigenvalue weighted by Crippen LogP contribution is 2.22. The van der Waals surface area contributed by atoms with Gasteiger partial charge in [-0.15, -0.1) is 11.8 Å². The second kappa shape index (κ2) is 13.5. The number of esters is 1. The van der Waals surface area contributed by atoms with Crippen LogP contribution in [0.3, 0.4) is 0 Å². The third kappa shape index (κ3) is 11.7. The van der Waals surface area contributed by atoms with Crippen LogP contribution in [0, 0.1) is 5.92 Å². The number of methoxy groups -OCH3 is 1. The number of ketones is 1. The average Bonchev–Trinajstić information content (AvgIpc) is 2.64. The zero-order valence-corrected chi connectivity index (χ0v) is 16.5. The number of carbonyl (C=O) groups is 6. The smallest absolute Gasteiger partial charge is 0.322 e. The fourth-order valence-corrected chi connectivity index (χ4v) is 3.31. The van der Waals surface area contributed by atoms with Gasteiger partial charge in [0.05, 0.1) is 19.4 Å². The Morgan fingerprint density at radius 3 is 2.14 bits per heavy atom. The highest BCUT2D eigenvalue weighted by atomic mass is 32.2. The Morgan fingerprint density at radius 1 is 1.03 bits per heavy atom. The Kier molecular flexibility index (Phi) is 12.3. The molecule has 0 aromatic rings. The number of nitrogens with one attached hydrogen (secondary N) is 1. The van der Waals surface area contributed by atoms with E-state index in [9.17, 15) is 28.8 Å². The van der Waals surface area contributed by atoms with Gasteiger partial charge in [0.15, 0.2) is 0 Å². The minimum absolute atomic E-state index is 0.144. The molecule has 3 atom stereocenters. The maximum absolute atomic E-state index is 12.2. The first-order chi connectivity index (χ1) is 13.5. The van der Waals surface area contributed by atoms with E-state index in [-0.39, 0.29) is 25.0 Å². The summed E-state index contributed by atoms with van der Waals surface area (Å²) in [7, 11) is 1.07. The number of aliphatic carboxylic acids is 3. The molecule has 13 heteroatoms. The van der Waals surface area contributed by atoms with E-state index in [1.807, 2.05) is 0 Å². The van der Waals surface area contributed by atoms with Crippen LogP contribution < -0.4 is 11.1 Å². The number of carboxylic acids is 3. The van der Waals surface area contributed by atoms with E-state index in [0.29, 0.717) is 0 Å². The van der Waals surface area contributed by atoms with Gasteiger partial charge in [-0.1, -0.05) is 0 Å². The number of Topliss-reactive ketones (excluding diaryl/α,β-unsaturated/α-hetero) is 1. The minimum Gasteiger partial charge on any atom is -0.481 e. The standard InChI is InChI=1S/C16H24N2O10S/c1-28-16(27)11(5-12(20)21)29-7-8(14(24)18-6-13(22)23)4-9(19)2-3-10(17)15(25)26/h8,10-11H,2-7,17H2,1H3,(H,18,24)(H,20,21)(H,22,23)(H,25,26)/t8-,10-,11?/m0/s1. The topological polar surface area (TPSA) is 210 Å². The van der Waals surface area contributed by atoms with Crippen molar-refractivity contribution in [2.75, 3.05) is 19.4 Å². The number of carboxylic acid groups (broad SMARTS) is 3. The summed E-state index contributed by atoms with van der Waals surface area (Å²) in [5.74, 6) is -7.14. The lowest BCUT2D eigenvalue weighted by Crippen LogP contribution is -2.37. The van der Waals surface area contributed by atoms with Gasteiger partial charge in [0.25, 0.3) is 0 Å². The van der Waals surface area contributed by atoms with Crippen LogP contribution in [-0.4, -0.2) is 81.6 Å². The molecule has 0 saturated heterocycles. The van der Waals surface area contributed by atoms with Crippen molar-refractivity contribution in [2.24, 2.45) is 11.7 Å². The van der Waals surface area contributed by atoms with Crippen LogP contribution in [0.25, 0.3) is 0 Å². The van der Waals surface area contributed by atoms with Gasteiger partial charge in [0.2, 0.25) is 5.91 Å². The van der Waals surface area contributed by atoms with E-state index in [4.69, 9.17) is 21.1 Å². The first-order valence-corrected chi connectivity index (χ1v) is 9.43. The number of nitrogens with two attached hydrogens (primary N) is 1. The molecule has 0 aliphatic heterocycles. The zero-order chi connectivity index (χ0) is 22.6. The molecule has 0 spiro atoms. The van der Waals surface area contributed by atoms with Gasteiger partial charge >= 0.3 is 23.9 Å². The second-order valence-electron chi connectivity index (χ2n) is 5.98. The molecule has 0 aromatic heterocycles. The van der Waals surface area contributed by atoms with E-state index in [2.05, 4.69) is 10.1 Å². The average molecular weight is 436 g/mol. The highest BCUT2D eigenvalue weighted by molar-refractivity contribution is 8.00. The second-order valence-corrected chi connectivity index (χ2v) is 7.21. The Labute approximate surface area is 170 Å². The van der Waals surface area contributed by atoms with Crippen LogP contribution in [0.4, 0.5) is 0 Å². The summed E-state index contributed by atoms with van der Waals surface area (Å²) in [6.45, 7) is -0.687. The van der Waals surface area contributed by atoms with Crippen LogP contribution >= 0.6 is 11.8 Å². The molecule has 164 valence electrons. The predicted molar refractivity (Wildman–Crippen MR) is 99.1 cm³/mol. The van der Waals surface area contributed by atoms with Crippen LogP contribution in [0.5, 0.6) is 0 Å². The Hall–Kier alpha value is -2.67. The van der Waals surface area contributed by atoms with Gasteiger partial charge < -0.3 is 31.1 Å². The summed E-state index contributed by atoms with van der Waals surface area (Å²) >= 11 is 0.790. The maximum atomic E-state index is 12.2. The summed E-state index contributed by atoms with van der Waals surface area (Å²) < 4.78 is 4.52. The number of carbonyl (C=O) groups excluding carboxylic acids is 3. The molecule has 12 nitrogen and oxygen atoms in total. The number of thioether (sulfide) groups is 1. The molecule has 0 radical (unpaired) electrons. The third-order valence-corrected chi connectivity index (χ3v) is 4.99. The van der Waals surface area contributed by atoms with Crippen LogP contribution in [-0.2, 0) is 33.5 Å². The lowest BCUT2D eigenvalue weighted by atomic mass is 9.99. The third-order valence-electron chi connectivity index (χ3n) is 3.63. The molecule has 0 aromatic carbocycles. The summed E-state index contributed by atoms with van der Waals surface area (Å²) in [4.78, 5) is 68.2. The van der Waals surface area contributed by atoms with Gasteiger partial charge in [-0.2, -0.15) is 0 Å². The number of rotatable bonds is 15. The molecule has 1 amide bonds. The molecule has 29 heavy (non-hydrogen) atoms. The first-order valence-electron chi connectivity index (χ1n) is 8.38. The van der Waals surface area contributed by atoms with Crippen molar-refractivity contribution in [1.29, 1.82) is 0 Å². The molecule has 0 aliphatic rings. The van der Waals surface area contributed by atoms with Gasteiger partial charge in [-0.25, -0.2) is 0 Å². The first kappa shape index (κ1) is 26.3. The van der Waals surface area contributed by atoms with Crippen LogP contribution in [0.15, 0.2) is 0 Å². The van der Waals surface area contributed by atoms with E-state index in [1.54, 1.807) is 0 Å². The number of ether oxygens (including phenoxy) is 1. The SMILES string of the molecule is COC(=O)C(CC(=O)O)SC[C@H](CC(=O)CC[C@H](N)C(=O)O)C(=O)NCC(=O)O. The van der Waals surface area contributed by atoms with Gasteiger partial charge in [-0.05, 0) is 6.42 Å². The molecule has 0 bridgehead atoms. The van der Waals surface area contributed by atoms with Crippen molar-refractivity contribution in [2.45, 2.75) is 37.0 Å². The minimum atomic E-state index is -1.30. The Balaban J connectivity index is 5.07. The fourth-order valence-electron chi connectivity index (χ4n) is 2.08. The molecule has 0 saturated carbocycles. The van der Waals surface area contributed by atoms with Crippen molar-refractivity contribution >= 4 is 47.3 Å². The summed E-state index contributed by atoms with van der Waals surface area (Å²) in [5, 5.41) is 27.3. The summed E-state index contributed by atoms with van der Waals surface area (Å²) in [6, 6.07) is -1.24. The number of hydrogen-bond acceptors (Lipinski definition) is 9. The van der Waals surface area contributed by atoms with E-state index in [1.165, 1.54) is 0 Å². The highest BCUT2D eigenvalue weighted by Gasteiger charge is 2.28. The largest absolute Gasteiger partial charge is 0.481 e.